The molecule has 1 aromatic heterocycles. The van der Waals surface area contributed by atoms with Gasteiger partial charge in [-0.3, -0.25) is 0 Å². The number of rotatable bonds is 4. The van der Waals surface area contributed by atoms with Crippen molar-refractivity contribution in [3.05, 3.63) is 71.0 Å². The second kappa shape index (κ2) is 7.65. The first kappa shape index (κ1) is 18.7. The number of anilines is 2. The minimum atomic E-state index is -0.347. The third-order valence-corrected chi connectivity index (χ3v) is 4.31. The van der Waals surface area contributed by atoms with Crippen LogP contribution in [0.3, 0.4) is 0 Å². The molecule has 0 aliphatic carbocycles. The lowest BCUT2D eigenvalue weighted by atomic mass is 9.95. The fraction of sp³-hybridized carbons (Fsp3) is 0.0952. The predicted molar refractivity (Wildman–Crippen MR) is 104 cm³/mol. The third kappa shape index (κ3) is 3.55. The van der Waals surface area contributed by atoms with Gasteiger partial charge in [0.25, 0.3) is 0 Å². The summed E-state index contributed by atoms with van der Waals surface area (Å²) in [6, 6.07) is 15.9. The van der Waals surface area contributed by atoms with Crippen molar-refractivity contribution in [2.75, 3.05) is 11.1 Å². The standard InChI is InChI=1S/C21H16FN5O/c1-12(13-5-7-15(22)8-6-13)26-21-18(11-24)19(17(10-23)20(25)27-21)14-3-2-4-16(28)9-14/h2-9,12,28H,1H3,(H3,25,26,27). The first-order chi connectivity index (χ1) is 13.4. The molecule has 3 rings (SSSR count). The smallest absolute Gasteiger partial charge is 0.147 e. The van der Waals surface area contributed by atoms with Crippen LogP contribution in [0.4, 0.5) is 16.0 Å². The molecule has 1 heterocycles. The van der Waals surface area contributed by atoms with E-state index in [0.29, 0.717) is 11.1 Å². The summed E-state index contributed by atoms with van der Waals surface area (Å²) < 4.78 is 13.2. The number of phenols is 1. The van der Waals surface area contributed by atoms with E-state index in [9.17, 15) is 20.0 Å². The van der Waals surface area contributed by atoms with Gasteiger partial charge in [-0.2, -0.15) is 10.5 Å². The molecule has 7 heteroatoms. The number of aromatic nitrogens is 1. The van der Waals surface area contributed by atoms with Crippen LogP contribution in [0.5, 0.6) is 5.75 Å². The normalized spacial score (nSPS) is 11.3. The Bertz CT molecular complexity index is 1110. The summed E-state index contributed by atoms with van der Waals surface area (Å²) in [7, 11) is 0. The Kier molecular flexibility index (Phi) is 5.10. The fourth-order valence-electron chi connectivity index (χ4n) is 2.92. The van der Waals surface area contributed by atoms with Crippen molar-refractivity contribution in [2.45, 2.75) is 13.0 Å². The van der Waals surface area contributed by atoms with Crippen LogP contribution in [0.25, 0.3) is 11.1 Å². The summed E-state index contributed by atoms with van der Waals surface area (Å²) in [5, 5.41) is 32.2. The van der Waals surface area contributed by atoms with E-state index in [1.54, 1.807) is 24.3 Å². The van der Waals surface area contributed by atoms with Crippen molar-refractivity contribution in [3.63, 3.8) is 0 Å². The summed E-state index contributed by atoms with van der Waals surface area (Å²) in [6.45, 7) is 1.83. The molecule has 1 atom stereocenters. The van der Waals surface area contributed by atoms with E-state index in [0.717, 1.165) is 5.56 Å². The van der Waals surface area contributed by atoms with Crippen LogP contribution in [-0.4, -0.2) is 10.1 Å². The highest BCUT2D eigenvalue weighted by Gasteiger charge is 2.21. The zero-order valence-corrected chi connectivity index (χ0v) is 14.9. The van der Waals surface area contributed by atoms with Crippen molar-refractivity contribution in [1.29, 1.82) is 10.5 Å². The van der Waals surface area contributed by atoms with Gasteiger partial charge in [-0.05, 0) is 42.3 Å². The van der Waals surface area contributed by atoms with Gasteiger partial charge in [0.15, 0.2) is 0 Å². The number of halogens is 1. The molecule has 0 saturated heterocycles. The Labute approximate surface area is 161 Å². The topological polar surface area (TPSA) is 119 Å². The zero-order valence-electron chi connectivity index (χ0n) is 14.9. The Balaban J connectivity index is 2.14. The maximum absolute atomic E-state index is 13.2. The number of hydrogen-bond acceptors (Lipinski definition) is 6. The van der Waals surface area contributed by atoms with Gasteiger partial charge in [-0.1, -0.05) is 24.3 Å². The first-order valence-electron chi connectivity index (χ1n) is 8.39. The van der Waals surface area contributed by atoms with Gasteiger partial charge in [0.2, 0.25) is 0 Å². The molecular formula is C21H16FN5O. The molecule has 0 amide bonds. The largest absolute Gasteiger partial charge is 0.508 e. The van der Waals surface area contributed by atoms with Gasteiger partial charge in [-0.15, -0.1) is 0 Å². The third-order valence-electron chi connectivity index (χ3n) is 4.31. The second-order valence-corrected chi connectivity index (χ2v) is 6.16. The van der Waals surface area contributed by atoms with E-state index < -0.39 is 0 Å². The zero-order chi connectivity index (χ0) is 20.3. The summed E-state index contributed by atoms with van der Waals surface area (Å²) in [5.74, 6) is -0.182. The summed E-state index contributed by atoms with van der Waals surface area (Å²) in [4.78, 5) is 4.19. The van der Waals surface area contributed by atoms with Crippen LogP contribution in [0.2, 0.25) is 0 Å². The molecule has 138 valence electrons. The lowest BCUT2D eigenvalue weighted by Gasteiger charge is -2.19. The molecule has 0 aliphatic rings. The molecule has 0 aliphatic heterocycles. The highest BCUT2D eigenvalue weighted by molar-refractivity contribution is 5.85. The Morgan fingerprint density at radius 1 is 1.11 bits per heavy atom. The van der Waals surface area contributed by atoms with Crippen LogP contribution in [0.15, 0.2) is 48.5 Å². The van der Waals surface area contributed by atoms with E-state index in [-0.39, 0.29) is 40.4 Å². The maximum atomic E-state index is 13.2. The number of nitrogens with zero attached hydrogens (tertiary/aromatic N) is 3. The number of nitrogen functional groups attached to an aromatic ring is 1. The van der Waals surface area contributed by atoms with E-state index in [4.69, 9.17) is 5.73 Å². The van der Waals surface area contributed by atoms with Crippen molar-refractivity contribution in [3.8, 4) is 29.0 Å². The van der Waals surface area contributed by atoms with Gasteiger partial charge in [0.1, 0.15) is 46.5 Å². The Hall–Kier alpha value is -4.10. The molecule has 3 aromatic rings. The van der Waals surface area contributed by atoms with Gasteiger partial charge in [-0.25, -0.2) is 9.37 Å². The second-order valence-electron chi connectivity index (χ2n) is 6.16. The number of pyridine rings is 1. The first-order valence-corrected chi connectivity index (χ1v) is 8.39. The predicted octanol–water partition coefficient (Wildman–Crippen LogP) is 4.09. The molecule has 2 aromatic carbocycles. The molecule has 0 fully saturated rings. The number of benzene rings is 2. The van der Waals surface area contributed by atoms with Gasteiger partial charge < -0.3 is 16.2 Å². The van der Waals surface area contributed by atoms with Gasteiger partial charge >= 0.3 is 0 Å². The Morgan fingerprint density at radius 2 is 1.79 bits per heavy atom. The lowest BCUT2D eigenvalue weighted by Crippen LogP contribution is -2.12. The minimum absolute atomic E-state index is 0.00477. The van der Waals surface area contributed by atoms with E-state index in [2.05, 4.69) is 16.4 Å². The molecule has 4 N–H and O–H groups in total. The van der Waals surface area contributed by atoms with Gasteiger partial charge in [0.05, 0.1) is 0 Å². The van der Waals surface area contributed by atoms with Crippen molar-refractivity contribution in [2.24, 2.45) is 0 Å². The Morgan fingerprint density at radius 3 is 2.39 bits per heavy atom. The lowest BCUT2D eigenvalue weighted by molar-refractivity contribution is 0.475. The maximum Gasteiger partial charge on any atom is 0.147 e. The van der Waals surface area contributed by atoms with Crippen LogP contribution in [0, 0.1) is 28.5 Å². The average molecular weight is 373 g/mol. The fourth-order valence-corrected chi connectivity index (χ4v) is 2.92. The molecule has 28 heavy (non-hydrogen) atoms. The summed E-state index contributed by atoms with van der Waals surface area (Å²) in [5.41, 5.74) is 7.71. The quantitative estimate of drug-likeness (QED) is 0.634. The SMILES string of the molecule is CC(Nc1nc(N)c(C#N)c(-c2cccc(O)c2)c1C#N)c1ccc(F)cc1. The van der Waals surface area contributed by atoms with Crippen LogP contribution in [0.1, 0.15) is 29.7 Å². The number of phenolic OH excluding ortho intramolecular Hbond substituents is 1. The van der Waals surface area contributed by atoms with Crippen molar-refractivity contribution in [1.82, 2.24) is 4.98 Å². The van der Waals surface area contributed by atoms with Crippen LogP contribution < -0.4 is 11.1 Å². The summed E-state index contributed by atoms with van der Waals surface area (Å²) >= 11 is 0. The molecular weight excluding hydrogens is 357 g/mol. The van der Waals surface area contributed by atoms with Crippen molar-refractivity contribution < 1.29 is 9.50 Å². The van der Waals surface area contributed by atoms with Crippen molar-refractivity contribution >= 4 is 11.6 Å². The van der Waals surface area contributed by atoms with Gasteiger partial charge in [0, 0.05) is 11.6 Å². The molecule has 0 radical (unpaired) electrons. The molecule has 0 saturated carbocycles. The number of aromatic hydroxyl groups is 1. The number of hydrogen-bond donors (Lipinski definition) is 3. The number of nitrogens with one attached hydrogen (secondary N) is 1. The highest BCUT2D eigenvalue weighted by Crippen LogP contribution is 2.36. The highest BCUT2D eigenvalue weighted by atomic mass is 19.1. The van der Waals surface area contributed by atoms with Crippen LogP contribution in [-0.2, 0) is 0 Å². The number of nitriles is 2. The number of nitrogens with two attached hydrogens (primary N) is 1. The van der Waals surface area contributed by atoms with Crippen LogP contribution >= 0.6 is 0 Å². The average Bonchev–Trinajstić information content (AvgIpc) is 2.68. The molecule has 0 bridgehead atoms. The molecule has 1 unspecified atom stereocenters. The minimum Gasteiger partial charge on any atom is -0.508 e. The van der Waals surface area contributed by atoms with E-state index >= 15 is 0 Å². The molecule has 0 spiro atoms. The summed E-state index contributed by atoms with van der Waals surface area (Å²) in [6.07, 6.45) is 0. The van der Waals surface area contributed by atoms with E-state index in [1.807, 2.05) is 13.0 Å². The monoisotopic (exact) mass is 373 g/mol. The molecule has 6 nitrogen and oxygen atoms in total. The van der Waals surface area contributed by atoms with E-state index in [1.165, 1.54) is 24.3 Å².